The van der Waals surface area contributed by atoms with Gasteiger partial charge in [-0.05, 0) is 48.7 Å². The molecule has 1 aliphatic carbocycles. The number of nitrogens with zero attached hydrogens (tertiary/aromatic N) is 1. The Kier molecular flexibility index (Phi) is 2.24. The predicted molar refractivity (Wildman–Crippen MR) is 75.3 cm³/mol. The Balaban J connectivity index is 1.92. The molecule has 106 valence electrons. The van der Waals surface area contributed by atoms with Crippen LogP contribution in [0.1, 0.15) is 18.4 Å². The normalized spacial score (nSPS) is 18.2. The van der Waals surface area contributed by atoms with Gasteiger partial charge in [0.25, 0.3) is 0 Å². The quantitative estimate of drug-likeness (QED) is 0.818. The molecule has 21 heavy (non-hydrogen) atoms. The second kappa shape index (κ2) is 3.81. The Labute approximate surface area is 120 Å². The number of rotatable bonds is 1. The number of amides is 1. The molecule has 0 unspecified atom stereocenters. The Morgan fingerprint density at radius 2 is 1.76 bits per heavy atom. The molecule has 2 aromatic carbocycles. The second-order valence-electron chi connectivity index (χ2n) is 5.59. The molecule has 1 heterocycles. The predicted octanol–water partition coefficient (Wildman–Crippen LogP) is 3.26. The highest BCUT2D eigenvalue weighted by Gasteiger charge is 2.59. The molecule has 1 spiro atoms. The summed E-state index contributed by atoms with van der Waals surface area (Å²) < 4.78 is 26.9. The molecule has 2 N–H and O–H groups in total. The molecule has 0 radical (unpaired) electrons. The van der Waals surface area contributed by atoms with Gasteiger partial charge in [-0.15, -0.1) is 0 Å². The number of nitrogens with two attached hydrogens (primary N) is 1. The lowest BCUT2D eigenvalue weighted by atomic mass is 9.97. The summed E-state index contributed by atoms with van der Waals surface area (Å²) in [5, 5.41) is 0. The van der Waals surface area contributed by atoms with E-state index < -0.39 is 11.2 Å². The van der Waals surface area contributed by atoms with Crippen LogP contribution in [0.2, 0.25) is 0 Å². The number of halogens is 2. The van der Waals surface area contributed by atoms with E-state index >= 15 is 0 Å². The van der Waals surface area contributed by atoms with E-state index in [2.05, 4.69) is 0 Å². The molecule has 2 aliphatic rings. The fraction of sp³-hybridized carbons (Fsp3) is 0.188. The molecule has 1 saturated carbocycles. The first kappa shape index (κ1) is 12.3. The summed E-state index contributed by atoms with van der Waals surface area (Å²) in [7, 11) is 0. The lowest BCUT2D eigenvalue weighted by Crippen LogP contribution is -2.27. The van der Waals surface area contributed by atoms with Crippen molar-refractivity contribution in [2.75, 3.05) is 10.6 Å². The van der Waals surface area contributed by atoms with Gasteiger partial charge in [0.1, 0.15) is 11.6 Å². The van der Waals surface area contributed by atoms with Crippen LogP contribution >= 0.6 is 0 Å². The summed E-state index contributed by atoms with van der Waals surface area (Å²) in [6.07, 6.45) is 1.48. The molecule has 1 fully saturated rings. The average molecular weight is 286 g/mol. The zero-order valence-electron chi connectivity index (χ0n) is 11.1. The third-order valence-corrected chi connectivity index (χ3v) is 4.32. The Morgan fingerprint density at radius 3 is 2.38 bits per heavy atom. The van der Waals surface area contributed by atoms with E-state index in [0.29, 0.717) is 11.4 Å². The third kappa shape index (κ3) is 1.54. The lowest BCUT2D eigenvalue weighted by Gasteiger charge is -2.18. The largest absolute Gasteiger partial charge is 0.396 e. The standard InChI is InChI=1S/C16H12F2N2O/c17-9-1-3-10(4-2-9)20-14-8-12(18)13(19)7-11(14)16(5-6-16)15(20)21/h1-4,7-8H,5-6,19H2. The van der Waals surface area contributed by atoms with Crippen LogP contribution in [-0.4, -0.2) is 5.91 Å². The SMILES string of the molecule is Nc1cc2c(cc1F)N(c1ccc(F)cc1)C(=O)C21CC1. The second-order valence-corrected chi connectivity index (χ2v) is 5.59. The first-order valence-electron chi connectivity index (χ1n) is 6.72. The smallest absolute Gasteiger partial charge is 0.242 e. The minimum atomic E-state index is -0.564. The van der Waals surface area contributed by atoms with Gasteiger partial charge in [-0.3, -0.25) is 9.69 Å². The third-order valence-electron chi connectivity index (χ3n) is 4.32. The zero-order chi connectivity index (χ0) is 14.8. The molecule has 1 amide bonds. The molecule has 0 bridgehead atoms. The van der Waals surface area contributed by atoms with Gasteiger partial charge in [0.2, 0.25) is 5.91 Å². The fourth-order valence-corrected chi connectivity index (χ4v) is 3.04. The maximum atomic E-state index is 13.8. The van der Waals surface area contributed by atoms with E-state index in [0.717, 1.165) is 18.4 Å². The van der Waals surface area contributed by atoms with Crippen LogP contribution in [0.25, 0.3) is 0 Å². The van der Waals surface area contributed by atoms with Gasteiger partial charge >= 0.3 is 0 Å². The van der Waals surface area contributed by atoms with Crippen LogP contribution in [0.15, 0.2) is 36.4 Å². The first-order chi connectivity index (χ1) is 10.0. The number of hydrogen-bond acceptors (Lipinski definition) is 2. The minimum absolute atomic E-state index is 0.0498. The van der Waals surface area contributed by atoms with Crippen molar-refractivity contribution in [3.05, 3.63) is 53.6 Å². The topological polar surface area (TPSA) is 46.3 Å². The maximum Gasteiger partial charge on any atom is 0.242 e. The van der Waals surface area contributed by atoms with Crippen molar-refractivity contribution in [2.24, 2.45) is 0 Å². The number of carbonyl (C=O) groups is 1. The van der Waals surface area contributed by atoms with Gasteiger partial charge in [-0.1, -0.05) is 0 Å². The van der Waals surface area contributed by atoms with Crippen LogP contribution < -0.4 is 10.6 Å². The van der Waals surface area contributed by atoms with Crippen molar-refractivity contribution in [1.82, 2.24) is 0 Å². The van der Waals surface area contributed by atoms with E-state index in [-0.39, 0.29) is 17.4 Å². The summed E-state index contributed by atoms with van der Waals surface area (Å²) in [5.41, 5.74) is 6.94. The first-order valence-corrected chi connectivity index (χ1v) is 6.72. The number of anilines is 3. The molecule has 0 aromatic heterocycles. The van der Waals surface area contributed by atoms with Gasteiger partial charge < -0.3 is 5.73 Å². The summed E-state index contributed by atoms with van der Waals surface area (Å²) in [6, 6.07) is 8.46. The molecular weight excluding hydrogens is 274 g/mol. The average Bonchev–Trinajstić information content (AvgIpc) is 3.22. The van der Waals surface area contributed by atoms with Gasteiger partial charge in [-0.2, -0.15) is 0 Å². The van der Waals surface area contributed by atoms with E-state index in [1.807, 2.05) is 0 Å². The Hall–Kier alpha value is -2.43. The highest BCUT2D eigenvalue weighted by molar-refractivity contribution is 6.14. The molecule has 1 aliphatic heterocycles. The summed E-state index contributed by atoms with van der Waals surface area (Å²) in [6.45, 7) is 0. The molecule has 2 aromatic rings. The van der Waals surface area contributed by atoms with Crippen LogP contribution in [0, 0.1) is 11.6 Å². The highest BCUT2D eigenvalue weighted by Crippen LogP contribution is 2.59. The molecular formula is C16H12F2N2O. The van der Waals surface area contributed by atoms with Gasteiger partial charge in [0.05, 0.1) is 16.8 Å². The van der Waals surface area contributed by atoms with E-state index in [1.165, 1.54) is 35.2 Å². The monoisotopic (exact) mass is 286 g/mol. The van der Waals surface area contributed by atoms with E-state index in [9.17, 15) is 13.6 Å². The number of carbonyl (C=O) groups excluding carboxylic acids is 1. The summed E-state index contributed by atoms with van der Waals surface area (Å²) >= 11 is 0. The summed E-state index contributed by atoms with van der Waals surface area (Å²) in [5.74, 6) is -1.02. The van der Waals surface area contributed by atoms with Crippen molar-refractivity contribution in [3.8, 4) is 0 Å². The van der Waals surface area contributed by atoms with Crippen molar-refractivity contribution in [1.29, 1.82) is 0 Å². The van der Waals surface area contributed by atoms with Crippen molar-refractivity contribution < 1.29 is 13.6 Å². The van der Waals surface area contributed by atoms with E-state index in [4.69, 9.17) is 5.73 Å². The number of benzene rings is 2. The van der Waals surface area contributed by atoms with Gasteiger partial charge in [-0.25, -0.2) is 8.78 Å². The Morgan fingerprint density at radius 1 is 1.10 bits per heavy atom. The van der Waals surface area contributed by atoms with Crippen molar-refractivity contribution in [3.63, 3.8) is 0 Å². The maximum absolute atomic E-state index is 13.8. The van der Waals surface area contributed by atoms with E-state index in [1.54, 1.807) is 6.07 Å². The number of nitrogen functional groups attached to an aromatic ring is 1. The minimum Gasteiger partial charge on any atom is -0.396 e. The molecule has 0 atom stereocenters. The van der Waals surface area contributed by atoms with Crippen LogP contribution in [0.3, 0.4) is 0 Å². The zero-order valence-corrected chi connectivity index (χ0v) is 11.1. The van der Waals surface area contributed by atoms with Crippen LogP contribution in [0.4, 0.5) is 25.8 Å². The molecule has 3 nitrogen and oxygen atoms in total. The molecule has 5 heteroatoms. The summed E-state index contributed by atoms with van der Waals surface area (Å²) in [4.78, 5) is 14.2. The lowest BCUT2D eigenvalue weighted by molar-refractivity contribution is -0.119. The van der Waals surface area contributed by atoms with Crippen LogP contribution in [0.5, 0.6) is 0 Å². The number of fused-ring (bicyclic) bond motifs is 2. The van der Waals surface area contributed by atoms with Crippen molar-refractivity contribution in [2.45, 2.75) is 18.3 Å². The van der Waals surface area contributed by atoms with Crippen molar-refractivity contribution >= 4 is 23.0 Å². The molecule has 4 rings (SSSR count). The van der Waals surface area contributed by atoms with Crippen LogP contribution in [-0.2, 0) is 10.2 Å². The van der Waals surface area contributed by atoms with Gasteiger partial charge in [0.15, 0.2) is 0 Å². The van der Waals surface area contributed by atoms with Gasteiger partial charge in [0, 0.05) is 11.8 Å². The fourth-order valence-electron chi connectivity index (χ4n) is 3.04. The highest BCUT2D eigenvalue weighted by atomic mass is 19.1. The Bertz CT molecular complexity index is 767. The number of hydrogen-bond donors (Lipinski definition) is 1. The molecule has 0 saturated heterocycles.